The lowest BCUT2D eigenvalue weighted by molar-refractivity contribution is 0.0951. The first-order valence-corrected chi connectivity index (χ1v) is 10.1. The Labute approximate surface area is 178 Å². The van der Waals surface area contributed by atoms with Gasteiger partial charge in [-0.25, -0.2) is 9.97 Å². The van der Waals surface area contributed by atoms with Gasteiger partial charge in [0.2, 0.25) is 0 Å². The summed E-state index contributed by atoms with van der Waals surface area (Å²) in [6.07, 6.45) is 11.0. The summed E-state index contributed by atoms with van der Waals surface area (Å²) < 4.78 is 1.95. The zero-order valence-corrected chi connectivity index (χ0v) is 16.8. The van der Waals surface area contributed by atoms with E-state index in [9.17, 15) is 4.79 Å². The highest BCUT2D eigenvalue weighted by molar-refractivity contribution is 6.34. The maximum Gasteiger partial charge on any atom is 0.253 e. The van der Waals surface area contributed by atoms with E-state index in [1.807, 2.05) is 35.0 Å². The van der Waals surface area contributed by atoms with E-state index in [0.717, 1.165) is 29.7 Å². The molecule has 0 aliphatic heterocycles. The van der Waals surface area contributed by atoms with E-state index in [1.54, 1.807) is 30.7 Å². The van der Waals surface area contributed by atoms with Gasteiger partial charge in [-0.2, -0.15) is 0 Å². The number of halogens is 1. The summed E-state index contributed by atoms with van der Waals surface area (Å²) in [5.74, 6) is 0.553. The Morgan fingerprint density at radius 3 is 2.83 bits per heavy atom. The van der Waals surface area contributed by atoms with Crippen molar-refractivity contribution in [3.8, 4) is 11.3 Å². The minimum absolute atomic E-state index is 0.127. The largest absolute Gasteiger partial charge is 0.363 e. The van der Waals surface area contributed by atoms with E-state index in [2.05, 4.69) is 25.6 Å². The second-order valence-corrected chi connectivity index (χ2v) is 7.68. The molecule has 3 heterocycles. The lowest BCUT2D eigenvalue weighted by atomic mass is 10.1. The molecule has 1 amide bonds. The van der Waals surface area contributed by atoms with Gasteiger partial charge in [-0.05, 0) is 36.6 Å². The Bertz CT molecular complexity index is 1220. The van der Waals surface area contributed by atoms with Crippen LogP contribution in [0.5, 0.6) is 0 Å². The zero-order valence-electron chi connectivity index (χ0n) is 16.0. The minimum Gasteiger partial charge on any atom is -0.363 e. The molecule has 0 unspecified atom stereocenters. The van der Waals surface area contributed by atoms with Crippen LogP contribution in [-0.4, -0.2) is 31.3 Å². The summed E-state index contributed by atoms with van der Waals surface area (Å²) >= 11 is 6.42. The van der Waals surface area contributed by atoms with Crippen molar-refractivity contribution < 1.29 is 4.79 Å². The molecule has 0 bridgehead atoms. The van der Waals surface area contributed by atoms with E-state index in [1.165, 1.54) is 0 Å². The fourth-order valence-electron chi connectivity index (χ4n) is 3.30. The topological polar surface area (TPSA) is 84.2 Å². The normalized spacial score (nSPS) is 13.4. The Morgan fingerprint density at radius 2 is 2.07 bits per heavy atom. The van der Waals surface area contributed by atoms with Gasteiger partial charge in [-0.15, -0.1) is 0 Å². The third-order valence-electron chi connectivity index (χ3n) is 5.03. The Hall–Kier alpha value is -3.45. The summed E-state index contributed by atoms with van der Waals surface area (Å²) in [7, 11) is 0. The van der Waals surface area contributed by atoms with Gasteiger partial charge in [0, 0.05) is 42.9 Å². The number of pyridine rings is 1. The van der Waals surface area contributed by atoms with Crippen molar-refractivity contribution in [1.29, 1.82) is 0 Å². The van der Waals surface area contributed by atoms with Crippen molar-refractivity contribution in [3.05, 3.63) is 77.5 Å². The van der Waals surface area contributed by atoms with E-state index < -0.39 is 0 Å². The number of carbonyl (C=O) groups excluding carboxylic acids is 1. The van der Waals surface area contributed by atoms with Gasteiger partial charge < -0.3 is 10.6 Å². The van der Waals surface area contributed by atoms with Gasteiger partial charge in [-0.3, -0.25) is 14.2 Å². The summed E-state index contributed by atoms with van der Waals surface area (Å²) in [5.41, 5.74) is 4.00. The standard InChI is InChI=1S/C22H19ClN6O/c23-18-10-15(3-6-17(18)22(30)28-16-4-5-16)19-13-27-21-20(25-8-9-29(19)21)26-12-14-2-1-7-24-11-14/h1-3,6-11,13,16H,4-5,12H2,(H,25,26)(H,28,30). The van der Waals surface area contributed by atoms with Gasteiger partial charge in [0.25, 0.3) is 5.91 Å². The number of benzene rings is 1. The number of rotatable bonds is 6. The maximum absolute atomic E-state index is 12.3. The van der Waals surface area contributed by atoms with Crippen LogP contribution in [-0.2, 0) is 6.54 Å². The number of carbonyl (C=O) groups is 1. The van der Waals surface area contributed by atoms with E-state index >= 15 is 0 Å². The van der Waals surface area contributed by atoms with Crippen LogP contribution in [0.4, 0.5) is 5.82 Å². The van der Waals surface area contributed by atoms with Gasteiger partial charge >= 0.3 is 0 Å². The van der Waals surface area contributed by atoms with Crippen LogP contribution in [0.25, 0.3) is 16.9 Å². The lowest BCUT2D eigenvalue weighted by Gasteiger charge is -2.09. The third-order valence-corrected chi connectivity index (χ3v) is 5.35. The molecule has 1 aliphatic carbocycles. The van der Waals surface area contributed by atoms with Crippen LogP contribution in [0.15, 0.2) is 61.3 Å². The Morgan fingerprint density at radius 1 is 1.17 bits per heavy atom. The molecule has 0 radical (unpaired) electrons. The molecule has 0 atom stereocenters. The van der Waals surface area contributed by atoms with Crippen LogP contribution in [0.2, 0.25) is 5.02 Å². The summed E-state index contributed by atoms with van der Waals surface area (Å²) in [6.45, 7) is 0.597. The number of amides is 1. The maximum atomic E-state index is 12.3. The number of nitrogens with zero attached hydrogens (tertiary/aromatic N) is 4. The van der Waals surface area contributed by atoms with Gasteiger partial charge in [-0.1, -0.05) is 23.7 Å². The molecule has 5 rings (SSSR count). The molecular weight excluding hydrogens is 400 g/mol. The second-order valence-electron chi connectivity index (χ2n) is 7.27. The van der Waals surface area contributed by atoms with Crippen molar-refractivity contribution in [2.45, 2.75) is 25.4 Å². The van der Waals surface area contributed by atoms with Gasteiger partial charge in [0.05, 0.1) is 22.5 Å². The SMILES string of the molecule is O=C(NC1CC1)c1ccc(-c2cnc3c(NCc4cccnc4)nccn23)cc1Cl. The van der Waals surface area contributed by atoms with Crippen molar-refractivity contribution in [2.75, 3.05) is 5.32 Å². The number of nitrogens with one attached hydrogen (secondary N) is 2. The smallest absolute Gasteiger partial charge is 0.253 e. The predicted molar refractivity (Wildman–Crippen MR) is 115 cm³/mol. The molecule has 150 valence electrons. The predicted octanol–water partition coefficient (Wildman–Crippen LogP) is 3.95. The molecule has 4 aromatic rings. The first-order chi connectivity index (χ1) is 14.7. The number of hydrogen-bond acceptors (Lipinski definition) is 5. The molecule has 3 aromatic heterocycles. The van der Waals surface area contributed by atoms with Crippen LogP contribution < -0.4 is 10.6 Å². The second kappa shape index (κ2) is 7.76. The summed E-state index contributed by atoms with van der Waals surface area (Å²) in [4.78, 5) is 25.4. The molecule has 7 nitrogen and oxygen atoms in total. The van der Waals surface area contributed by atoms with E-state index in [-0.39, 0.29) is 11.9 Å². The minimum atomic E-state index is -0.127. The molecule has 0 saturated heterocycles. The van der Waals surface area contributed by atoms with Crippen molar-refractivity contribution in [1.82, 2.24) is 24.7 Å². The molecule has 1 aromatic carbocycles. The van der Waals surface area contributed by atoms with Crippen LogP contribution >= 0.6 is 11.6 Å². The van der Waals surface area contributed by atoms with E-state index in [0.29, 0.717) is 28.6 Å². The number of imidazole rings is 1. The Balaban J connectivity index is 1.42. The highest BCUT2D eigenvalue weighted by Gasteiger charge is 2.25. The quantitative estimate of drug-likeness (QED) is 0.495. The summed E-state index contributed by atoms with van der Waals surface area (Å²) in [5, 5.41) is 6.70. The fraction of sp³-hybridized carbons (Fsp3) is 0.182. The number of hydrogen-bond donors (Lipinski definition) is 2. The van der Waals surface area contributed by atoms with E-state index in [4.69, 9.17) is 11.6 Å². The van der Waals surface area contributed by atoms with Crippen LogP contribution in [0.1, 0.15) is 28.8 Å². The van der Waals surface area contributed by atoms with Crippen LogP contribution in [0, 0.1) is 0 Å². The van der Waals surface area contributed by atoms with Crippen molar-refractivity contribution >= 4 is 29.0 Å². The third kappa shape index (κ3) is 3.71. The molecule has 2 N–H and O–H groups in total. The average molecular weight is 419 g/mol. The first kappa shape index (κ1) is 18.6. The van der Waals surface area contributed by atoms with Gasteiger partial charge in [0.1, 0.15) is 0 Å². The highest BCUT2D eigenvalue weighted by atomic mass is 35.5. The zero-order chi connectivity index (χ0) is 20.5. The molecular formula is C22H19ClN6O. The number of fused-ring (bicyclic) bond motifs is 1. The summed E-state index contributed by atoms with van der Waals surface area (Å²) in [6, 6.07) is 9.64. The fourth-order valence-corrected chi connectivity index (χ4v) is 3.56. The molecule has 1 aliphatic rings. The molecule has 30 heavy (non-hydrogen) atoms. The van der Waals surface area contributed by atoms with Crippen LogP contribution in [0.3, 0.4) is 0 Å². The molecule has 1 saturated carbocycles. The highest BCUT2D eigenvalue weighted by Crippen LogP contribution is 2.28. The van der Waals surface area contributed by atoms with Gasteiger partial charge in [0.15, 0.2) is 11.5 Å². The monoisotopic (exact) mass is 418 g/mol. The lowest BCUT2D eigenvalue weighted by Crippen LogP contribution is -2.25. The van der Waals surface area contributed by atoms with Crippen molar-refractivity contribution in [2.24, 2.45) is 0 Å². The average Bonchev–Trinajstić information content (AvgIpc) is 3.47. The molecule has 8 heteroatoms. The number of aromatic nitrogens is 4. The number of anilines is 1. The molecule has 0 spiro atoms. The Kier molecular flexibility index (Phi) is 4.80. The molecule has 1 fully saturated rings. The first-order valence-electron chi connectivity index (χ1n) is 9.74. The van der Waals surface area contributed by atoms with Crippen molar-refractivity contribution in [3.63, 3.8) is 0 Å².